The summed E-state index contributed by atoms with van der Waals surface area (Å²) in [4.78, 5) is 10.8. The Kier molecular flexibility index (Phi) is 4.99. The van der Waals surface area contributed by atoms with Crippen molar-refractivity contribution in [3.05, 3.63) is 29.3 Å². The van der Waals surface area contributed by atoms with Crippen LogP contribution in [0.4, 0.5) is 0 Å². The highest BCUT2D eigenvalue weighted by Gasteiger charge is 2.03. The third-order valence-electron chi connectivity index (χ3n) is 2.44. The minimum atomic E-state index is 0.144. The first kappa shape index (κ1) is 12.7. The molecule has 3 nitrogen and oxygen atoms in total. The number of ether oxygens (including phenoxy) is 1. The highest BCUT2D eigenvalue weighted by atomic mass is 16.5. The summed E-state index contributed by atoms with van der Waals surface area (Å²) in [5.41, 5.74) is 2.38. The van der Waals surface area contributed by atoms with E-state index in [2.05, 4.69) is 24.4 Å². The van der Waals surface area contributed by atoms with Gasteiger partial charge in [-0.15, -0.1) is 0 Å². The molecule has 1 N–H and O–H groups in total. The van der Waals surface area contributed by atoms with Gasteiger partial charge in [-0.3, -0.25) is 4.79 Å². The fourth-order valence-electron chi connectivity index (χ4n) is 1.56. The third kappa shape index (κ3) is 3.66. The van der Waals surface area contributed by atoms with Crippen molar-refractivity contribution >= 4 is 5.78 Å². The van der Waals surface area contributed by atoms with Gasteiger partial charge in [-0.1, -0.05) is 19.1 Å². The molecule has 0 fully saturated rings. The largest absolute Gasteiger partial charge is 0.496 e. The SMILES string of the molecule is CCc1ccc(OC)c(CNCC(C)=O)c1. The standard InChI is InChI=1S/C13H19NO2/c1-4-11-5-6-13(16-3)12(7-11)9-14-8-10(2)15/h5-7,14H,4,8-9H2,1-3H3. The van der Waals surface area contributed by atoms with Gasteiger partial charge in [0.05, 0.1) is 13.7 Å². The van der Waals surface area contributed by atoms with Gasteiger partial charge in [-0.05, 0) is 25.0 Å². The minimum absolute atomic E-state index is 0.144. The number of Topliss-reactive ketones (excluding diaryl/α,β-unsaturated/α-hetero) is 1. The Labute approximate surface area is 96.8 Å². The molecule has 0 aliphatic rings. The van der Waals surface area contributed by atoms with Crippen LogP contribution in [0.15, 0.2) is 18.2 Å². The third-order valence-corrected chi connectivity index (χ3v) is 2.44. The van der Waals surface area contributed by atoms with Crippen LogP contribution in [0, 0.1) is 0 Å². The number of hydrogen-bond donors (Lipinski definition) is 1. The fourth-order valence-corrected chi connectivity index (χ4v) is 1.56. The smallest absolute Gasteiger partial charge is 0.143 e. The van der Waals surface area contributed by atoms with Crippen molar-refractivity contribution in [1.82, 2.24) is 5.32 Å². The molecular formula is C13H19NO2. The molecule has 3 heteroatoms. The number of ketones is 1. The maximum absolute atomic E-state index is 10.8. The Morgan fingerprint density at radius 1 is 1.44 bits per heavy atom. The van der Waals surface area contributed by atoms with Crippen molar-refractivity contribution in [1.29, 1.82) is 0 Å². The summed E-state index contributed by atoms with van der Waals surface area (Å²) in [6.07, 6.45) is 1.00. The van der Waals surface area contributed by atoms with E-state index in [1.54, 1.807) is 14.0 Å². The van der Waals surface area contributed by atoms with Gasteiger partial charge in [-0.2, -0.15) is 0 Å². The summed E-state index contributed by atoms with van der Waals surface area (Å²) < 4.78 is 5.28. The zero-order valence-corrected chi connectivity index (χ0v) is 10.2. The number of benzene rings is 1. The summed E-state index contributed by atoms with van der Waals surface area (Å²) in [6, 6.07) is 6.16. The van der Waals surface area contributed by atoms with Crippen LogP contribution in [0.25, 0.3) is 0 Å². The molecule has 0 spiro atoms. The highest BCUT2D eigenvalue weighted by Crippen LogP contribution is 2.19. The average Bonchev–Trinajstić information content (AvgIpc) is 2.28. The number of methoxy groups -OCH3 is 1. The number of rotatable bonds is 6. The molecule has 0 aromatic heterocycles. The number of carbonyl (C=O) groups excluding carboxylic acids is 1. The summed E-state index contributed by atoms with van der Waals surface area (Å²) in [6.45, 7) is 4.76. The van der Waals surface area contributed by atoms with E-state index in [4.69, 9.17) is 4.74 Å². The molecule has 0 saturated carbocycles. The van der Waals surface area contributed by atoms with Crippen LogP contribution in [0.3, 0.4) is 0 Å². The number of nitrogens with one attached hydrogen (secondary N) is 1. The van der Waals surface area contributed by atoms with Gasteiger partial charge >= 0.3 is 0 Å². The van der Waals surface area contributed by atoms with Crippen molar-refractivity contribution in [2.75, 3.05) is 13.7 Å². The van der Waals surface area contributed by atoms with Gasteiger partial charge in [0.2, 0.25) is 0 Å². The number of hydrogen-bond acceptors (Lipinski definition) is 3. The van der Waals surface area contributed by atoms with E-state index in [9.17, 15) is 4.79 Å². The second-order valence-corrected chi connectivity index (χ2v) is 3.81. The van der Waals surface area contributed by atoms with Gasteiger partial charge < -0.3 is 10.1 Å². The maximum atomic E-state index is 10.8. The van der Waals surface area contributed by atoms with Crippen molar-refractivity contribution < 1.29 is 9.53 Å². The first-order valence-electron chi connectivity index (χ1n) is 5.53. The summed E-state index contributed by atoms with van der Waals surface area (Å²) in [5.74, 6) is 1.01. The lowest BCUT2D eigenvalue weighted by Crippen LogP contribution is -2.20. The van der Waals surface area contributed by atoms with E-state index >= 15 is 0 Å². The van der Waals surface area contributed by atoms with E-state index in [-0.39, 0.29) is 5.78 Å². The molecular weight excluding hydrogens is 202 g/mol. The summed E-state index contributed by atoms with van der Waals surface area (Å²) in [5, 5.41) is 3.10. The number of aryl methyl sites for hydroxylation is 1. The van der Waals surface area contributed by atoms with Gasteiger partial charge in [0.25, 0.3) is 0 Å². The molecule has 0 radical (unpaired) electrons. The van der Waals surface area contributed by atoms with E-state index in [0.29, 0.717) is 13.1 Å². The monoisotopic (exact) mass is 221 g/mol. The first-order chi connectivity index (χ1) is 7.67. The molecule has 0 heterocycles. The van der Waals surface area contributed by atoms with Crippen LogP contribution in [0.1, 0.15) is 25.0 Å². The van der Waals surface area contributed by atoms with Crippen LogP contribution < -0.4 is 10.1 Å². The van der Waals surface area contributed by atoms with E-state index < -0.39 is 0 Å². The van der Waals surface area contributed by atoms with Gasteiger partial charge in [0.1, 0.15) is 11.5 Å². The van der Waals surface area contributed by atoms with Crippen LogP contribution in [-0.2, 0) is 17.8 Å². The molecule has 0 amide bonds. The molecule has 16 heavy (non-hydrogen) atoms. The Hall–Kier alpha value is -1.35. The van der Waals surface area contributed by atoms with Crippen LogP contribution >= 0.6 is 0 Å². The van der Waals surface area contributed by atoms with E-state index in [1.165, 1.54) is 5.56 Å². The zero-order chi connectivity index (χ0) is 12.0. The molecule has 88 valence electrons. The Balaban J connectivity index is 2.71. The molecule has 1 rings (SSSR count). The van der Waals surface area contributed by atoms with Crippen molar-refractivity contribution in [3.63, 3.8) is 0 Å². The van der Waals surface area contributed by atoms with Gasteiger partial charge in [0.15, 0.2) is 0 Å². The predicted octanol–water partition coefficient (Wildman–Crippen LogP) is 1.94. The molecule has 0 atom stereocenters. The lowest BCUT2D eigenvalue weighted by molar-refractivity contribution is -0.116. The minimum Gasteiger partial charge on any atom is -0.496 e. The Bertz CT molecular complexity index is 361. The molecule has 0 aliphatic heterocycles. The Morgan fingerprint density at radius 3 is 2.75 bits per heavy atom. The fraction of sp³-hybridized carbons (Fsp3) is 0.462. The van der Waals surface area contributed by atoms with E-state index in [0.717, 1.165) is 17.7 Å². The molecule has 1 aromatic carbocycles. The van der Waals surface area contributed by atoms with Crippen molar-refractivity contribution in [2.24, 2.45) is 0 Å². The number of carbonyl (C=O) groups is 1. The first-order valence-corrected chi connectivity index (χ1v) is 5.53. The summed E-state index contributed by atoms with van der Waals surface area (Å²) in [7, 11) is 1.66. The van der Waals surface area contributed by atoms with Crippen LogP contribution in [0.5, 0.6) is 5.75 Å². The lowest BCUT2D eigenvalue weighted by atomic mass is 10.1. The predicted molar refractivity (Wildman–Crippen MR) is 64.8 cm³/mol. The van der Waals surface area contributed by atoms with Crippen LogP contribution in [-0.4, -0.2) is 19.4 Å². The van der Waals surface area contributed by atoms with Gasteiger partial charge in [-0.25, -0.2) is 0 Å². The Morgan fingerprint density at radius 2 is 2.19 bits per heavy atom. The highest BCUT2D eigenvalue weighted by molar-refractivity contribution is 5.77. The van der Waals surface area contributed by atoms with Crippen molar-refractivity contribution in [2.45, 2.75) is 26.8 Å². The maximum Gasteiger partial charge on any atom is 0.143 e. The lowest BCUT2D eigenvalue weighted by Gasteiger charge is -2.10. The zero-order valence-electron chi connectivity index (χ0n) is 10.2. The van der Waals surface area contributed by atoms with Crippen LogP contribution in [0.2, 0.25) is 0 Å². The van der Waals surface area contributed by atoms with Gasteiger partial charge in [0, 0.05) is 12.1 Å². The molecule has 0 bridgehead atoms. The molecule has 1 aromatic rings. The quantitative estimate of drug-likeness (QED) is 0.797. The second-order valence-electron chi connectivity index (χ2n) is 3.81. The second kappa shape index (κ2) is 6.28. The topological polar surface area (TPSA) is 38.3 Å². The van der Waals surface area contributed by atoms with Crippen molar-refractivity contribution in [3.8, 4) is 5.75 Å². The van der Waals surface area contributed by atoms with E-state index in [1.807, 2.05) is 6.07 Å². The average molecular weight is 221 g/mol. The molecule has 0 unspecified atom stereocenters. The normalized spacial score (nSPS) is 10.2. The molecule has 0 aliphatic carbocycles. The summed E-state index contributed by atoms with van der Waals surface area (Å²) >= 11 is 0. The molecule has 0 saturated heterocycles.